The van der Waals surface area contributed by atoms with E-state index in [1.54, 1.807) is 0 Å². The van der Waals surface area contributed by atoms with E-state index in [1.807, 2.05) is 61.2 Å². The summed E-state index contributed by atoms with van der Waals surface area (Å²) in [7, 11) is 0. The Morgan fingerprint density at radius 2 is 1.45 bits per heavy atom. The van der Waals surface area contributed by atoms with Crippen LogP contribution in [0.4, 0.5) is 0 Å². The summed E-state index contributed by atoms with van der Waals surface area (Å²) in [5.74, 6) is 0.0984. The number of rotatable bonds is 5. The average molecular weight is 266 g/mol. The molecule has 0 aliphatic heterocycles. The van der Waals surface area contributed by atoms with Gasteiger partial charge in [-0.05, 0) is 37.1 Å². The van der Waals surface area contributed by atoms with Crippen LogP contribution in [0.2, 0.25) is 0 Å². The van der Waals surface area contributed by atoms with Gasteiger partial charge in [0.2, 0.25) is 0 Å². The summed E-state index contributed by atoms with van der Waals surface area (Å²) in [5.41, 5.74) is 3.02. The van der Waals surface area contributed by atoms with E-state index in [1.165, 1.54) is 0 Å². The fourth-order valence-electron chi connectivity index (χ4n) is 2.16. The molecule has 0 aliphatic carbocycles. The van der Waals surface area contributed by atoms with Gasteiger partial charge in [-0.2, -0.15) is 0 Å². The fraction of sp³-hybridized carbons (Fsp3) is 0.222. The van der Waals surface area contributed by atoms with Crippen molar-refractivity contribution in [3.63, 3.8) is 0 Å². The standard InChI is InChI=1S/C18H20NO/c1-3-19(4-2)18(20)17-12-10-16(11-13-17)14-15-8-6-5-7-9-15/h5-14H,3-4H2,1-2H3. The average Bonchev–Trinajstić information content (AvgIpc) is 2.50. The normalized spacial score (nSPS) is 10.3. The largest absolute Gasteiger partial charge is 0.339 e. The first-order valence-electron chi connectivity index (χ1n) is 7.03. The van der Waals surface area contributed by atoms with Gasteiger partial charge in [0, 0.05) is 25.1 Å². The van der Waals surface area contributed by atoms with E-state index in [0.29, 0.717) is 0 Å². The number of carbonyl (C=O) groups is 1. The van der Waals surface area contributed by atoms with Gasteiger partial charge in [-0.25, -0.2) is 0 Å². The van der Waals surface area contributed by atoms with Crippen LogP contribution in [0, 0.1) is 6.42 Å². The van der Waals surface area contributed by atoms with Crippen LogP contribution < -0.4 is 0 Å². The molecule has 2 rings (SSSR count). The summed E-state index contributed by atoms with van der Waals surface area (Å²) < 4.78 is 0. The van der Waals surface area contributed by atoms with Gasteiger partial charge in [-0.15, -0.1) is 0 Å². The highest BCUT2D eigenvalue weighted by Crippen LogP contribution is 2.13. The van der Waals surface area contributed by atoms with E-state index in [2.05, 4.69) is 18.6 Å². The Balaban J connectivity index is 2.08. The van der Waals surface area contributed by atoms with E-state index in [9.17, 15) is 4.79 Å². The highest BCUT2D eigenvalue weighted by molar-refractivity contribution is 5.94. The summed E-state index contributed by atoms with van der Waals surface area (Å²) in [6.07, 6.45) is 2.10. The Morgan fingerprint density at radius 1 is 0.900 bits per heavy atom. The Morgan fingerprint density at radius 3 is 2.00 bits per heavy atom. The molecule has 0 heterocycles. The van der Waals surface area contributed by atoms with E-state index in [0.717, 1.165) is 29.8 Å². The van der Waals surface area contributed by atoms with Crippen molar-refractivity contribution in [3.05, 3.63) is 77.7 Å². The van der Waals surface area contributed by atoms with Crippen molar-refractivity contribution in [2.75, 3.05) is 13.1 Å². The lowest BCUT2D eigenvalue weighted by Crippen LogP contribution is -2.30. The summed E-state index contributed by atoms with van der Waals surface area (Å²) in [6.45, 7) is 5.48. The SMILES string of the molecule is CCN(CC)C(=O)c1ccc([CH]c2ccccc2)cc1. The highest BCUT2D eigenvalue weighted by atomic mass is 16.2. The van der Waals surface area contributed by atoms with Crippen LogP contribution in [0.1, 0.15) is 35.3 Å². The Kier molecular flexibility index (Phi) is 4.94. The third-order valence-electron chi connectivity index (χ3n) is 3.34. The molecule has 20 heavy (non-hydrogen) atoms. The Hall–Kier alpha value is -2.09. The number of amides is 1. The van der Waals surface area contributed by atoms with E-state index >= 15 is 0 Å². The predicted octanol–water partition coefficient (Wildman–Crippen LogP) is 3.77. The summed E-state index contributed by atoms with van der Waals surface area (Å²) in [6, 6.07) is 17.9. The molecule has 0 bridgehead atoms. The molecule has 103 valence electrons. The molecule has 0 N–H and O–H groups in total. The molecule has 0 fully saturated rings. The van der Waals surface area contributed by atoms with Gasteiger partial charge in [-0.3, -0.25) is 4.79 Å². The molecule has 0 unspecified atom stereocenters. The zero-order valence-electron chi connectivity index (χ0n) is 12.0. The molecule has 2 nitrogen and oxygen atoms in total. The molecular weight excluding hydrogens is 246 g/mol. The fourth-order valence-corrected chi connectivity index (χ4v) is 2.16. The maximum Gasteiger partial charge on any atom is 0.253 e. The Bertz CT molecular complexity index is 541. The number of nitrogens with zero attached hydrogens (tertiary/aromatic N) is 1. The molecule has 2 aromatic rings. The quantitative estimate of drug-likeness (QED) is 0.806. The van der Waals surface area contributed by atoms with Crippen molar-refractivity contribution in [3.8, 4) is 0 Å². The van der Waals surface area contributed by atoms with Crippen LogP contribution in [0.5, 0.6) is 0 Å². The van der Waals surface area contributed by atoms with E-state index < -0.39 is 0 Å². The van der Waals surface area contributed by atoms with Gasteiger partial charge in [0.25, 0.3) is 5.91 Å². The first-order chi connectivity index (χ1) is 9.74. The third kappa shape index (κ3) is 3.47. The third-order valence-corrected chi connectivity index (χ3v) is 3.34. The molecule has 0 atom stereocenters. The summed E-state index contributed by atoms with van der Waals surface area (Å²) in [4.78, 5) is 14.0. The predicted molar refractivity (Wildman–Crippen MR) is 82.6 cm³/mol. The minimum atomic E-state index is 0.0984. The lowest BCUT2D eigenvalue weighted by atomic mass is 10.0. The molecule has 0 saturated heterocycles. The lowest BCUT2D eigenvalue weighted by molar-refractivity contribution is 0.0773. The molecule has 0 aromatic heterocycles. The molecular formula is C18H20NO. The highest BCUT2D eigenvalue weighted by Gasteiger charge is 2.11. The van der Waals surface area contributed by atoms with Gasteiger partial charge in [0.15, 0.2) is 0 Å². The number of hydrogen-bond acceptors (Lipinski definition) is 1. The summed E-state index contributed by atoms with van der Waals surface area (Å²) >= 11 is 0. The Labute approximate surface area is 121 Å². The number of benzene rings is 2. The molecule has 1 radical (unpaired) electrons. The van der Waals surface area contributed by atoms with E-state index in [4.69, 9.17) is 0 Å². The molecule has 1 amide bonds. The van der Waals surface area contributed by atoms with Crippen LogP contribution in [-0.4, -0.2) is 23.9 Å². The van der Waals surface area contributed by atoms with Crippen molar-refractivity contribution in [1.82, 2.24) is 4.90 Å². The molecule has 0 aliphatic rings. The molecule has 2 aromatic carbocycles. The van der Waals surface area contributed by atoms with Crippen molar-refractivity contribution < 1.29 is 4.79 Å². The van der Waals surface area contributed by atoms with Crippen molar-refractivity contribution in [2.45, 2.75) is 13.8 Å². The monoisotopic (exact) mass is 266 g/mol. The zero-order valence-corrected chi connectivity index (χ0v) is 12.0. The lowest BCUT2D eigenvalue weighted by Gasteiger charge is -2.18. The second kappa shape index (κ2) is 6.90. The van der Waals surface area contributed by atoms with Crippen LogP contribution >= 0.6 is 0 Å². The van der Waals surface area contributed by atoms with Crippen LogP contribution in [0.15, 0.2) is 54.6 Å². The van der Waals surface area contributed by atoms with Crippen LogP contribution in [0.3, 0.4) is 0 Å². The van der Waals surface area contributed by atoms with Crippen molar-refractivity contribution in [1.29, 1.82) is 0 Å². The van der Waals surface area contributed by atoms with Crippen LogP contribution in [-0.2, 0) is 0 Å². The first-order valence-corrected chi connectivity index (χ1v) is 7.03. The topological polar surface area (TPSA) is 20.3 Å². The van der Waals surface area contributed by atoms with Gasteiger partial charge in [0.05, 0.1) is 0 Å². The maximum atomic E-state index is 12.2. The van der Waals surface area contributed by atoms with Gasteiger partial charge in [-0.1, -0.05) is 42.5 Å². The second-order valence-corrected chi connectivity index (χ2v) is 4.65. The van der Waals surface area contributed by atoms with Crippen LogP contribution in [0.25, 0.3) is 0 Å². The molecule has 0 saturated carbocycles. The van der Waals surface area contributed by atoms with Crippen molar-refractivity contribution in [2.24, 2.45) is 0 Å². The van der Waals surface area contributed by atoms with Gasteiger partial charge >= 0.3 is 0 Å². The van der Waals surface area contributed by atoms with E-state index in [-0.39, 0.29) is 5.91 Å². The molecule has 2 heteroatoms. The minimum absolute atomic E-state index is 0.0984. The smallest absolute Gasteiger partial charge is 0.253 e. The maximum absolute atomic E-state index is 12.2. The van der Waals surface area contributed by atoms with Gasteiger partial charge < -0.3 is 4.90 Å². The first kappa shape index (κ1) is 14.3. The minimum Gasteiger partial charge on any atom is -0.339 e. The summed E-state index contributed by atoms with van der Waals surface area (Å²) in [5, 5.41) is 0. The second-order valence-electron chi connectivity index (χ2n) is 4.65. The molecule has 0 spiro atoms. The number of hydrogen-bond donors (Lipinski definition) is 0. The zero-order chi connectivity index (χ0) is 14.4. The van der Waals surface area contributed by atoms with Crippen molar-refractivity contribution >= 4 is 5.91 Å². The van der Waals surface area contributed by atoms with Gasteiger partial charge in [0.1, 0.15) is 0 Å². The number of carbonyl (C=O) groups excluding carboxylic acids is 1.